The van der Waals surface area contributed by atoms with Crippen molar-refractivity contribution in [3.63, 3.8) is 0 Å². The third kappa shape index (κ3) is 2.68. The zero-order chi connectivity index (χ0) is 13.2. The monoisotopic (exact) mass is 248 g/mol. The molecular formula is C15H24N2O. The minimum absolute atomic E-state index is 0.194. The van der Waals surface area contributed by atoms with Crippen LogP contribution in [0.3, 0.4) is 0 Å². The molecule has 0 aliphatic heterocycles. The SMILES string of the molecule is COc1ccc(CCN(C)C)cc1C1(CN)CC1. The smallest absolute Gasteiger partial charge is 0.122 e. The van der Waals surface area contributed by atoms with Crippen LogP contribution in [0.2, 0.25) is 0 Å². The lowest BCUT2D eigenvalue weighted by atomic mass is 9.92. The molecule has 0 spiro atoms. The normalized spacial score (nSPS) is 16.9. The zero-order valence-corrected chi connectivity index (χ0v) is 11.7. The first-order valence-electron chi connectivity index (χ1n) is 6.63. The fourth-order valence-electron chi connectivity index (χ4n) is 2.41. The number of ether oxygens (including phenoxy) is 1. The first-order chi connectivity index (χ1) is 8.61. The van der Waals surface area contributed by atoms with Gasteiger partial charge in [0.25, 0.3) is 0 Å². The van der Waals surface area contributed by atoms with Crippen molar-refractivity contribution in [2.45, 2.75) is 24.7 Å². The van der Waals surface area contributed by atoms with Crippen LogP contribution in [0.25, 0.3) is 0 Å². The first kappa shape index (κ1) is 13.4. The van der Waals surface area contributed by atoms with Crippen LogP contribution in [0, 0.1) is 0 Å². The van der Waals surface area contributed by atoms with Crippen molar-refractivity contribution in [2.75, 3.05) is 34.3 Å². The molecule has 1 fully saturated rings. The van der Waals surface area contributed by atoms with Crippen molar-refractivity contribution in [3.8, 4) is 5.75 Å². The average Bonchev–Trinajstić information content (AvgIpc) is 3.17. The molecule has 0 bridgehead atoms. The van der Waals surface area contributed by atoms with Gasteiger partial charge in [0.15, 0.2) is 0 Å². The van der Waals surface area contributed by atoms with E-state index in [0.29, 0.717) is 0 Å². The van der Waals surface area contributed by atoms with Gasteiger partial charge in [-0.25, -0.2) is 0 Å². The van der Waals surface area contributed by atoms with Gasteiger partial charge in [-0.15, -0.1) is 0 Å². The van der Waals surface area contributed by atoms with E-state index in [2.05, 4.69) is 37.2 Å². The lowest BCUT2D eigenvalue weighted by molar-refractivity contribution is 0.402. The summed E-state index contributed by atoms with van der Waals surface area (Å²) in [5, 5.41) is 0. The van der Waals surface area contributed by atoms with Crippen LogP contribution in [0.4, 0.5) is 0 Å². The van der Waals surface area contributed by atoms with Gasteiger partial charge in [0.1, 0.15) is 5.75 Å². The van der Waals surface area contributed by atoms with E-state index in [1.807, 2.05) is 0 Å². The zero-order valence-electron chi connectivity index (χ0n) is 11.7. The first-order valence-corrected chi connectivity index (χ1v) is 6.63. The Labute approximate surface area is 110 Å². The third-order valence-corrected chi connectivity index (χ3v) is 3.93. The molecule has 1 saturated carbocycles. The molecule has 0 saturated heterocycles. The highest BCUT2D eigenvalue weighted by atomic mass is 16.5. The molecule has 2 rings (SSSR count). The van der Waals surface area contributed by atoms with Gasteiger partial charge in [-0.05, 0) is 45.0 Å². The van der Waals surface area contributed by atoms with Gasteiger partial charge >= 0.3 is 0 Å². The van der Waals surface area contributed by atoms with Crippen LogP contribution in [-0.2, 0) is 11.8 Å². The van der Waals surface area contributed by atoms with Crippen molar-refractivity contribution in [1.29, 1.82) is 0 Å². The Bertz CT molecular complexity index is 411. The largest absolute Gasteiger partial charge is 0.496 e. The van der Waals surface area contributed by atoms with E-state index in [1.165, 1.54) is 24.0 Å². The Morgan fingerprint density at radius 2 is 2.06 bits per heavy atom. The highest BCUT2D eigenvalue weighted by Crippen LogP contribution is 2.50. The molecular weight excluding hydrogens is 224 g/mol. The van der Waals surface area contributed by atoms with E-state index >= 15 is 0 Å². The number of benzene rings is 1. The molecule has 100 valence electrons. The van der Waals surface area contributed by atoms with Crippen LogP contribution in [0.1, 0.15) is 24.0 Å². The molecule has 2 N–H and O–H groups in total. The minimum atomic E-state index is 0.194. The molecule has 0 radical (unpaired) electrons. The maximum Gasteiger partial charge on any atom is 0.122 e. The lowest BCUT2D eigenvalue weighted by Crippen LogP contribution is -2.21. The van der Waals surface area contributed by atoms with Gasteiger partial charge < -0.3 is 15.4 Å². The molecule has 3 nitrogen and oxygen atoms in total. The molecule has 0 atom stereocenters. The maximum atomic E-state index is 5.93. The highest BCUT2D eigenvalue weighted by Gasteiger charge is 2.44. The number of nitrogens with two attached hydrogens (primary N) is 1. The minimum Gasteiger partial charge on any atom is -0.496 e. The molecule has 1 aromatic rings. The second-order valence-corrected chi connectivity index (χ2v) is 5.57. The summed E-state index contributed by atoms with van der Waals surface area (Å²) in [5.74, 6) is 0.992. The number of hydrogen-bond donors (Lipinski definition) is 1. The fraction of sp³-hybridized carbons (Fsp3) is 0.600. The molecule has 1 aliphatic carbocycles. The second kappa shape index (κ2) is 5.29. The van der Waals surface area contributed by atoms with Gasteiger partial charge in [0.05, 0.1) is 7.11 Å². The molecule has 3 heteroatoms. The summed E-state index contributed by atoms with van der Waals surface area (Å²) >= 11 is 0. The summed E-state index contributed by atoms with van der Waals surface area (Å²) in [6.45, 7) is 1.79. The molecule has 18 heavy (non-hydrogen) atoms. The number of hydrogen-bond acceptors (Lipinski definition) is 3. The van der Waals surface area contributed by atoms with Crippen molar-refractivity contribution >= 4 is 0 Å². The Morgan fingerprint density at radius 3 is 2.56 bits per heavy atom. The summed E-state index contributed by atoms with van der Waals surface area (Å²) < 4.78 is 5.49. The van der Waals surface area contributed by atoms with E-state index < -0.39 is 0 Å². The third-order valence-electron chi connectivity index (χ3n) is 3.93. The number of methoxy groups -OCH3 is 1. The van der Waals surface area contributed by atoms with Crippen LogP contribution in [0.15, 0.2) is 18.2 Å². The number of likely N-dealkylation sites (N-methyl/N-ethyl adjacent to an activating group) is 1. The Kier molecular flexibility index (Phi) is 3.93. The predicted molar refractivity (Wildman–Crippen MR) is 75.2 cm³/mol. The summed E-state index contributed by atoms with van der Waals surface area (Å²) in [6, 6.07) is 6.55. The van der Waals surface area contributed by atoms with Gasteiger partial charge in [-0.3, -0.25) is 0 Å². The molecule has 0 aromatic heterocycles. The van der Waals surface area contributed by atoms with Crippen LogP contribution >= 0.6 is 0 Å². The number of rotatable bonds is 6. The van der Waals surface area contributed by atoms with E-state index in [9.17, 15) is 0 Å². The van der Waals surface area contributed by atoms with Crippen molar-refractivity contribution < 1.29 is 4.74 Å². The Hall–Kier alpha value is -1.06. The highest BCUT2D eigenvalue weighted by molar-refractivity contribution is 5.46. The molecule has 1 aromatic carbocycles. The van der Waals surface area contributed by atoms with Crippen LogP contribution in [-0.4, -0.2) is 39.2 Å². The molecule has 1 aliphatic rings. The average molecular weight is 248 g/mol. The summed E-state index contributed by atoms with van der Waals surface area (Å²) in [7, 11) is 5.95. The summed E-state index contributed by atoms with van der Waals surface area (Å²) in [4.78, 5) is 2.21. The molecule has 0 unspecified atom stereocenters. The van der Waals surface area contributed by atoms with E-state index in [4.69, 9.17) is 10.5 Å². The lowest BCUT2D eigenvalue weighted by Gasteiger charge is -2.19. The summed E-state index contributed by atoms with van der Waals surface area (Å²) in [6.07, 6.45) is 3.46. The van der Waals surface area contributed by atoms with Gasteiger partial charge in [-0.1, -0.05) is 12.1 Å². The van der Waals surface area contributed by atoms with Crippen molar-refractivity contribution in [1.82, 2.24) is 4.90 Å². The molecule has 0 heterocycles. The molecule has 0 amide bonds. The topological polar surface area (TPSA) is 38.5 Å². The second-order valence-electron chi connectivity index (χ2n) is 5.57. The number of nitrogens with zero attached hydrogens (tertiary/aromatic N) is 1. The Balaban J connectivity index is 2.23. The Morgan fingerprint density at radius 1 is 1.33 bits per heavy atom. The van der Waals surface area contributed by atoms with Crippen LogP contribution in [0.5, 0.6) is 5.75 Å². The fourth-order valence-corrected chi connectivity index (χ4v) is 2.41. The van der Waals surface area contributed by atoms with Gasteiger partial charge in [0.2, 0.25) is 0 Å². The van der Waals surface area contributed by atoms with Crippen LogP contribution < -0.4 is 10.5 Å². The quantitative estimate of drug-likeness (QED) is 0.834. The van der Waals surface area contributed by atoms with Crippen molar-refractivity contribution in [3.05, 3.63) is 29.3 Å². The van der Waals surface area contributed by atoms with E-state index in [-0.39, 0.29) is 5.41 Å². The maximum absolute atomic E-state index is 5.93. The predicted octanol–water partition coefficient (Wildman–Crippen LogP) is 1.79. The summed E-state index contributed by atoms with van der Waals surface area (Å²) in [5.41, 5.74) is 8.81. The van der Waals surface area contributed by atoms with E-state index in [1.54, 1.807) is 7.11 Å². The van der Waals surface area contributed by atoms with Crippen molar-refractivity contribution in [2.24, 2.45) is 5.73 Å². The van der Waals surface area contributed by atoms with E-state index in [0.717, 1.165) is 25.3 Å². The van der Waals surface area contributed by atoms with Gasteiger partial charge in [0, 0.05) is 24.1 Å². The van der Waals surface area contributed by atoms with Gasteiger partial charge in [-0.2, -0.15) is 0 Å². The standard InChI is InChI=1S/C15H24N2O/c1-17(2)9-6-12-4-5-14(18-3)13(10-12)15(11-16)7-8-15/h4-5,10H,6-9,11,16H2,1-3H3.